The maximum atomic E-state index is 6.00. The van der Waals surface area contributed by atoms with E-state index < -0.39 is 0 Å². The number of unbranched alkanes of at least 4 members (excludes halogenated alkanes) is 1. The smallest absolute Gasteiger partial charge is 0.183 e. The van der Waals surface area contributed by atoms with E-state index >= 15 is 0 Å². The van der Waals surface area contributed by atoms with Crippen LogP contribution < -0.4 is 16.4 Å². The maximum Gasteiger partial charge on any atom is 0.183 e. The minimum atomic E-state index is 0.506. The lowest BCUT2D eigenvalue weighted by molar-refractivity contribution is -0.448. The van der Waals surface area contributed by atoms with E-state index in [-0.39, 0.29) is 0 Å². The van der Waals surface area contributed by atoms with E-state index in [0.29, 0.717) is 12.5 Å². The summed E-state index contributed by atoms with van der Waals surface area (Å²) in [7, 11) is 2.15. The fourth-order valence-electron chi connectivity index (χ4n) is 10.1. The molecule has 0 atom stereocenters. The Bertz CT molecular complexity index is 3610. The largest absolute Gasteiger partial charge is 0.398 e. The van der Waals surface area contributed by atoms with Gasteiger partial charge in [-0.05, 0) is 139 Å². The van der Waals surface area contributed by atoms with Crippen molar-refractivity contribution in [3.8, 4) is 0 Å². The maximum absolute atomic E-state index is 6.00. The van der Waals surface area contributed by atoms with Crippen molar-refractivity contribution in [1.29, 1.82) is 0 Å². The second-order valence-electron chi connectivity index (χ2n) is 20.7. The van der Waals surface area contributed by atoms with Crippen LogP contribution in [0.3, 0.4) is 0 Å². The molecule has 0 bridgehead atoms. The molecular weight excluding hydrogens is 1100 g/mol. The van der Waals surface area contributed by atoms with Gasteiger partial charge in [0.1, 0.15) is 7.05 Å². The first-order valence-electron chi connectivity index (χ1n) is 33.8. The minimum Gasteiger partial charge on any atom is -0.398 e. The van der Waals surface area contributed by atoms with Gasteiger partial charge >= 0.3 is 0 Å². The van der Waals surface area contributed by atoms with Gasteiger partial charge in [0.05, 0.1) is 16.7 Å². The average Bonchev–Trinajstić information content (AvgIpc) is 1.67. The highest BCUT2D eigenvalue weighted by Gasteiger charge is 2.18. The van der Waals surface area contributed by atoms with Gasteiger partial charge in [0, 0.05) is 65.1 Å². The third-order valence-corrected chi connectivity index (χ3v) is 14.6. The molecule has 0 amide bonds. The molecule has 0 radical (unpaired) electrons. The molecule has 1 aliphatic rings. The summed E-state index contributed by atoms with van der Waals surface area (Å²) >= 11 is 0. The van der Waals surface area contributed by atoms with Crippen molar-refractivity contribution in [3.63, 3.8) is 0 Å². The molecule has 9 rings (SSSR count). The van der Waals surface area contributed by atoms with Crippen molar-refractivity contribution in [1.82, 2.24) is 4.57 Å². The average molecular weight is 1220 g/mol. The predicted octanol–water partition coefficient (Wildman–Crippen LogP) is 24.7. The van der Waals surface area contributed by atoms with Crippen LogP contribution in [-0.2, 0) is 13.0 Å². The molecule has 8 aromatic rings. The Morgan fingerprint density at radius 1 is 0.615 bits per heavy atom. The minimum absolute atomic E-state index is 0.506. The molecule has 482 valence electrons. The summed E-state index contributed by atoms with van der Waals surface area (Å²) in [6.45, 7) is 38.4. The zero-order valence-electron chi connectivity index (χ0n) is 59.0. The molecule has 5 nitrogen and oxygen atoms in total. The normalized spacial score (nSPS) is 13.3. The lowest BCUT2D eigenvalue weighted by Gasteiger charge is -2.26. The van der Waals surface area contributed by atoms with Crippen LogP contribution in [-0.4, -0.2) is 21.9 Å². The summed E-state index contributed by atoms with van der Waals surface area (Å²) in [5.74, 6) is 0.535. The zero-order chi connectivity index (χ0) is 67.3. The molecule has 0 saturated carbocycles. The van der Waals surface area contributed by atoms with Gasteiger partial charge in [-0.3, -0.25) is 0 Å². The van der Waals surface area contributed by atoms with Crippen LogP contribution in [0.5, 0.6) is 0 Å². The van der Waals surface area contributed by atoms with Crippen LogP contribution >= 0.6 is 0 Å². The topological polar surface area (TPSA) is 63.2 Å². The second kappa shape index (κ2) is 46.3. The summed E-state index contributed by atoms with van der Waals surface area (Å²) in [6.07, 6.45) is 32.4. The van der Waals surface area contributed by atoms with Gasteiger partial charge in [-0.25, -0.2) is 4.58 Å². The van der Waals surface area contributed by atoms with Gasteiger partial charge in [0.2, 0.25) is 0 Å². The summed E-state index contributed by atoms with van der Waals surface area (Å²) in [5.41, 5.74) is 30.8. The number of nitrogens with two attached hydrogens (primary N) is 2. The van der Waals surface area contributed by atoms with Crippen molar-refractivity contribution in [2.45, 2.75) is 156 Å². The molecule has 0 saturated heterocycles. The van der Waals surface area contributed by atoms with Crippen molar-refractivity contribution < 1.29 is 4.58 Å². The standard InChI is InChI=1S/C36H33N3.C15H15N.C15H26N.C12H16.4C2H6/c1-3-4-9-20-39-35-16-8-6-14-32(35)33-24-28(17-18-36(33)39)29-19-21-38(30-12-10-11-27(23-30)25-37)34-15-7-5-13-31(34)26(2)22-29;16-15(14-9-5-2-6-10-14)12-11-13-7-3-1-4-8-13;1-7-10-11-12-15(13(4)5)16(6)14(8-2)9-3;1-3-8-11(4-2)12-9-6-5-7-10-12;4*1-2/h5-24H,2-4,25,37H2,1H3;1-10,12H,11,16H2;7-8,10-13H,9H2,1-6H3;5-10H,3-4H2,1-2H3;4*1-2H3/q;;+1;;;;;/b20-9-,21-19-,29-22+;15-12-;10-7-,12-11-,14-8+,16-15-;11-8+;;;;. The van der Waals surface area contributed by atoms with E-state index in [1.165, 1.54) is 49.9 Å². The number of rotatable bonds is 17. The lowest BCUT2D eigenvalue weighted by atomic mass is 9.95. The predicted molar refractivity (Wildman–Crippen MR) is 412 cm³/mol. The molecule has 0 aliphatic carbocycles. The Kier molecular flexibility index (Phi) is 39.9. The Morgan fingerprint density at radius 3 is 1.80 bits per heavy atom. The van der Waals surface area contributed by atoms with E-state index in [2.05, 4.69) is 277 Å². The number of allylic oxidation sites excluding steroid dienone is 14. The van der Waals surface area contributed by atoms with Crippen LogP contribution in [0.25, 0.3) is 50.4 Å². The Balaban J connectivity index is 0.000000451. The summed E-state index contributed by atoms with van der Waals surface area (Å²) in [6, 6.07) is 63.2. The number of hydrogen-bond acceptors (Lipinski definition) is 3. The molecule has 1 aliphatic heterocycles. The number of hydrogen-bond donors (Lipinski definition) is 2. The molecule has 91 heavy (non-hydrogen) atoms. The highest BCUT2D eigenvalue weighted by molar-refractivity contribution is 6.10. The fourth-order valence-corrected chi connectivity index (χ4v) is 10.1. The van der Waals surface area contributed by atoms with Crippen molar-refractivity contribution in [2.24, 2.45) is 17.4 Å². The van der Waals surface area contributed by atoms with Crippen molar-refractivity contribution in [3.05, 3.63) is 295 Å². The van der Waals surface area contributed by atoms with Crippen molar-refractivity contribution >= 4 is 67.5 Å². The van der Waals surface area contributed by atoms with Gasteiger partial charge in [0.25, 0.3) is 0 Å². The number of para-hydroxylation sites is 2. The molecule has 0 fully saturated rings. The summed E-state index contributed by atoms with van der Waals surface area (Å²) in [5, 5.41) is 2.51. The molecule has 7 aromatic carbocycles. The quantitative estimate of drug-likeness (QED) is 0.0542. The zero-order valence-corrected chi connectivity index (χ0v) is 59.0. The monoisotopic (exact) mass is 1220 g/mol. The summed E-state index contributed by atoms with van der Waals surface area (Å²) < 4.78 is 4.61. The first-order chi connectivity index (χ1) is 44.5. The molecule has 0 spiro atoms. The number of aromatic nitrogens is 1. The van der Waals surface area contributed by atoms with Crippen LogP contribution in [0, 0.1) is 5.92 Å². The number of anilines is 2. The van der Waals surface area contributed by atoms with Gasteiger partial charge in [-0.1, -0.05) is 292 Å². The summed E-state index contributed by atoms with van der Waals surface area (Å²) in [4.78, 5) is 2.23. The highest BCUT2D eigenvalue weighted by Crippen LogP contribution is 2.38. The lowest BCUT2D eigenvalue weighted by Crippen LogP contribution is -2.20. The first-order valence-corrected chi connectivity index (χ1v) is 33.8. The number of benzene rings is 7. The van der Waals surface area contributed by atoms with Crippen LogP contribution in [0.2, 0.25) is 0 Å². The van der Waals surface area contributed by atoms with E-state index in [1.54, 1.807) is 0 Å². The van der Waals surface area contributed by atoms with Gasteiger partial charge in [-0.15, -0.1) is 0 Å². The molecule has 1 aromatic heterocycles. The molecule has 2 heterocycles. The van der Waals surface area contributed by atoms with Crippen LogP contribution in [0.4, 0.5) is 11.4 Å². The first kappa shape index (κ1) is 78.3. The number of nitrogens with zero attached hydrogens (tertiary/aromatic N) is 3. The Hall–Kier alpha value is -8.77. The molecule has 0 unspecified atom stereocenters. The third-order valence-electron chi connectivity index (χ3n) is 14.6. The highest BCUT2D eigenvalue weighted by atomic mass is 15.1. The van der Waals surface area contributed by atoms with Crippen LogP contribution in [0.15, 0.2) is 261 Å². The third kappa shape index (κ3) is 24.9. The van der Waals surface area contributed by atoms with Crippen LogP contribution in [0.1, 0.15) is 176 Å². The second-order valence-corrected chi connectivity index (χ2v) is 20.7. The van der Waals surface area contributed by atoms with E-state index in [0.717, 1.165) is 89.0 Å². The van der Waals surface area contributed by atoms with E-state index in [1.807, 2.05) is 117 Å². The van der Waals surface area contributed by atoms with Gasteiger partial charge in [-0.2, -0.15) is 0 Å². The fraction of sp³-hybridized carbons (Fsp3) is 0.291. The molecular formula is C86H114N5+. The van der Waals surface area contributed by atoms with Gasteiger partial charge in [0.15, 0.2) is 11.4 Å². The molecule has 5 heteroatoms. The Morgan fingerprint density at radius 2 is 1.21 bits per heavy atom. The SMILES string of the molecule is C=C1/C=C(c2ccc3c(c2)c2ccccc2n3/C=C\CCC)\C=C/N(c2cccc(CN)c2)c2ccccc21.CC.CC.CC.CC.CC/C=C(\CC)c1ccccc1.C\C=C/C=C\C(C(C)C)=[N+](C)\C(=C\C)CC.N/C(=C\Cc1ccccc1)c1ccccc1. The molecule has 4 N–H and O–H groups in total. The van der Waals surface area contributed by atoms with E-state index in [9.17, 15) is 0 Å². The van der Waals surface area contributed by atoms with E-state index in [4.69, 9.17) is 11.5 Å². The van der Waals surface area contributed by atoms with Crippen molar-refractivity contribution in [2.75, 3.05) is 11.9 Å². The number of fused-ring (bicyclic) bond motifs is 4. The van der Waals surface area contributed by atoms with Gasteiger partial charge < -0.3 is 20.9 Å². The Labute approximate surface area is 553 Å².